The Bertz CT molecular complexity index is 1060. The van der Waals surface area contributed by atoms with E-state index in [0.717, 1.165) is 10.9 Å². The third-order valence-corrected chi connectivity index (χ3v) is 5.48. The molecule has 2 amide bonds. The van der Waals surface area contributed by atoms with E-state index < -0.39 is 0 Å². The molecule has 1 aliphatic carbocycles. The molecule has 2 fully saturated rings. The van der Waals surface area contributed by atoms with Gasteiger partial charge < -0.3 is 10.2 Å². The molecule has 144 valence electrons. The van der Waals surface area contributed by atoms with Crippen molar-refractivity contribution >= 4 is 22.7 Å². The maximum Gasteiger partial charge on any atom is 0.275 e. The molecule has 3 heterocycles. The summed E-state index contributed by atoms with van der Waals surface area (Å²) in [5, 5.41) is 16.2. The number of hydrogen-bond donors (Lipinski definition) is 1. The Labute approximate surface area is 161 Å². The summed E-state index contributed by atoms with van der Waals surface area (Å²) < 4.78 is 3.40. The Kier molecular flexibility index (Phi) is 3.88. The van der Waals surface area contributed by atoms with E-state index in [9.17, 15) is 9.59 Å². The highest BCUT2D eigenvalue weighted by molar-refractivity contribution is 6.05. The molecule has 5 rings (SSSR count). The normalized spacial score (nSPS) is 17.0. The van der Waals surface area contributed by atoms with Crippen LogP contribution >= 0.6 is 0 Å². The first-order chi connectivity index (χ1) is 13.6. The van der Waals surface area contributed by atoms with Crippen molar-refractivity contribution < 1.29 is 9.59 Å². The number of amides is 2. The third kappa shape index (κ3) is 2.92. The first kappa shape index (κ1) is 16.9. The van der Waals surface area contributed by atoms with Gasteiger partial charge in [-0.1, -0.05) is 23.4 Å². The number of nitrogens with one attached hydrogen (secondary N) is 1. The van der Waals surface area contributed by atoms with Crippen LogP contribution in [0.2, 0.25) is 0 Å². The Morgan fingerprint density at radius 1 is 1.21 bits per heavy atom. The molecule has 0 atom stereocenters. The lowest BCUT2D eigenvalue weighted by Gasteiger charge is -2.38. The fraction of sp³-hybridized carbons (Fsp3) is 0.421. The average Bonchev–Trinajstić information content (AvgIpc) is 3.27. The monoisotopic (exact) mass is 379 g/mol. The summed E-state index contributed by atoms with van der Waals surface area (Å²) >= 11 is 0. The second kappa shape index (κ2) is 6.43. The lowest BCUT2D eigenvalue weighted by atomic mass is 10.1. The number of hydrogen-bond acceptors (Lipinski definition) is 5. The van der Waals surface area contributed by atoms with Crippen molar-refractivity contribution in [3.05, 3.63) is 41.9 Å². The molecule has 2 aliphatic rings. The summed E-state index contributed by atoms with van der Waals surface area (Å²) in [7, 11) is 1.84. The second-order valence-electron chi connectivity index (χ2n) is 7.59. The SMILES string of the molecule is Cn1nc(C(=O)N2CC(n3cc(C(=O)NCC4CC4)nn3)C2)c2ccccc21. The van der Waals surface area contributed by atoms with E-state index in [1.54, 1.807) is 20.5 Å². The van der Waals surface area contributed by atoms with Gasteiger partial charge in [0.2, 0.25) is 0 Å². The lowest BCUT2D eigenvalue weighted by molar-refractivity contribution is 0.0493. The Hall–Kier alpha value is -3.23. The van der Waals surface area contributed by atoms with Gasteiger partial charge in [0.05, 0.1) is 17.8 Å². The predicted molar refractivity (Wildman–Crippen MR) is 101 cm³/mol. The number of fused-ring (bicyclic) bond motifs is 1. The number of rotatable bonds is 5. The van der Waals surface area contributed by atoms with Crippen molar-refractivity contribution in [1.82, 2.24) is 35.0 Å². The molecule has 0 spiro atoms. The van der Waals surface area contributed by atoms with Crippen molar-refractivity contribution in [1.29, 1.82) is 0 Å². The topological polar surface area (TPSA) is 97.9 Å². The average molecular weight is 379 g/mol. The van der Waals surface area contributed by atoms with E-state index in [-0.39, 0.29) is 17.9 Å². The van der Waals surface area contributed by atoms with Gasteiger partial charge in [-0.3, -0.25) is 14.3 Å². The summed E-state index contributed by atoms with van der Waals surface area (Å²) in [6, 6.07) is 7.72. The molecule has 0 bridgehead atoms. The molecule has 1 saturated carbocycles. The van der Waals surface area contributed by atoms with Crippen LogP contribution in [0.1, 0.15) is 39.9 Å². The van der Waals surface area contributed by atoms with Crippen LogP contribution in [0, 0.1) is 5.92 Å². The van der Waals surface area contributed by atoms with Crippen molar-refractivity contribution in [2.75, 3.05) is 19.6 Å². The van der Waals surface area contributed by atoms with Crippen LogP contribution < -0.4 is 5.32 Å². The maximum absolute atomic E-state index is 12.8. The van der Waals surface area contributed by atoms with Gasteiger partial charge in [0, 0.05) is 32.1 Å². The number of aryl methyl sites for hydroxylation is 1. The molecule has 0 radical (unpaired) electrons. The standard InChI is InChI=1S/C19H21N7O2/c1-24-16-5-3-2-4-14(16)17(22-24)19(28)25-9-13(10-25)26-11-15(21-23-26)18(27)20-8-12-6-7-12/h2-5,11-13H,6-10H2,1H3,(H,20,27). The molecule has 1 N–H and O–H groups in total. The van der Waals surface area contributed by atoms with E-state index in [4.69, 9.17) is 0 Å². The molecule has 1 aliphatic heterocycles. The highest BCUT2D eigenvalue weighted by Gasteiger charge is 2.35. The molecule has 2 aromatic heterocycles. The van der Waals surface area contributed by atoms with Crippen LogP contribution in [0.4, 0.5) is 0 Å². The minimum atomic E-state index is -0.189. The van der Waals surface area contributed by atoms with Crippen LogP contribution in [0.3, 0.4) is 0 Å². The van der Waals surface area contributed by atoms with Crippen LogP contribution in [0.15, 0.2) is 30.5 Å². The van der Waals surface area contributed by atoms with Crippen molar-refractivity contribution in [2.24, 2.45) is 13.0 Å². The largest absolute Gasteiger partial charge is 0.350 e. The molecule has 1 saturated heterocycles. The first-order valence-electron chi connectivity index (χ1n) is 9.51. The Morgan fingerprint density at radius 3 is 2.79 bits per heavy atom. The number of aromatic nitrogens is 5. The first-order valence-corrected chi connectivity index (χ1v) is 9.51. The van der Waals surface area contributed by atoms with Gasteiger partial charge in [-0.25, -0.2) is 4.68 Å². The molecular weight excluding hydrogens is 358 g/mol. The molecule has 0 unspecified atom stereocenters. The smallest absolute Gasteiger partial charge is 0.275 e. The van der Waals surface area contributed by atoms with Crippen LogP contribution in [-0.2, 0) is 7.05 Å². The number of carbonyl (C=O) groups is 2. The minimum absolute atomic E-state index is 0.0245. The fourth-order valence-corrected chi connectivity index (χ4v) is 3.52. The minimum Gasteiger partial charge on any atom is -0.350 e. The summed E-state index contributed by atoms with van der Waals surface area (Å²) in [6.45, 7) is 1.75. The van der Waals surface area contributed by atoms with Gasteiger partial charge in [-0.05, 0) is 24.8 Å². The number of para-hydroxylation sites is 1. The number of likely N-dealkylation sites (tertiary alicyclic amines) is 1. The van der Waals surface area contributed by atoms with E-state index >= 15 is 0 Å². The summed E-state index contributed by atoms with van der Waals surface area (Å²) in [6.07, 6.45) is 4.03. The molecule has 3 aromatic rings. The summed E-state index contributed by atoms with van der Waals surface area (Å²) in [4.78, 5) is 26.7. The van der Waals surface area contributed by atoms with E-state index in [2.05, 4.69) is 20.7 Å². The zero-order valence-corrected chi connectivity index (χ0v) is 15.6. The van der Waals surface area contributed by atoms with Gasteiger partial charge in [0.25, 0.3) is 11.8 Å². The van der Waals surface area contributed by atoms with Crippen molar-refractivity contribution in [3.63, 3.8) is 0 Å². The Morgan fingerprint density at radius 2 is 2.00 bits per heavy atom. The number of nitrogens with zero attached hydrogens (tertiary/aromatic N) is 6. The van der Waals surface area contributed by atoms with E-state index in [1.807, 2.05) is 31.3 Å². The van der Waals surface area contributed by atoms with Crippen LogP contribution in [-0.4, -0.2) is 61.1 Å². The number of benzene rings is 1. The van der Waals surface area contributed by atoms with Gasteiger partial charge in [0.1, 0.15) is 0 Å². The van der Waals surface area contributed by atoms with Gasteiger partial charge in [-0.15, -0.1) is 5.10 Å². The zero-order chi connectivity index (χ0) is 19.3. The van der Waals surface area contributed by atoms with Crippen LogP contribution in [0.5, 0.6) is 0 Å². The second-order valence-corrected chi connectivity index (χ2v) is 7.59. The third-order valence-electron chi connectivity index (χ3n) is 5.48. The zero-order valence-electron chi connectivity index (χ0n) is 15.6. The highest BCUT2D eigenvalue weighted by atomic mass is 16.2. The molecule has 28 heavy (non-hydrogen) atoms. The quantitative estimate of drug-likeness (QED) is 0.713. The van der Waals surface area contributed by atoms with Gasteiger partial charge in [0.15, 0.2) is 11.4 Å². The molecule has 9 nitrogen and oxygen atoms in total. The van der Waals surface area contributed by atoms with Gasteiger partial charge in [-0.2, -0.15) is 5.10 Å². The molecule has 9 heteroatoms. The van der Waals surface area contributed by atoms with Crippen molar-refractivity contribution in [3.8, 4) is 0 Å². The fourth-order valence-electron chi connectivity index (χ4n) is 3.52. The lowest BCUT2D eigenvalue weighted by Crippen LogP contribution is -2.51. The highest BCUT2D eigenvalue weighted by Crippen LogP contribution is 2.28. The van der Waals surface area contributed by atoms with Crippen molar-refractivity contribution in [2.45, 2.75) is 18.9 Å². The van der Waals surface area contributed by atoms with Crippen LogP contribution in [0.25, 0.3) is 10.9 Å². The summed E-state index contributed by atoms with van der Waals surface area (Å²) in [5.74, 6) is 0.341. The molecule has 1 aromatic carbocycles. The number of carbonyl (C=O) groups excluding carboxylic acids is 2. The maximum atomic E-state index is 12.8. The predicted octanol–water partition coefficient (Wildman–Crippen LogP) is 1.00. The Balaban J connectivity index is 1.23. The summed E-state index contributed by atoms with van der Waals surface area (Å²) in [5.41, 5.74) is 1.72. The van der Waals surface area contributed by atoms with E-state index in [1.165, 1.54) is 12.8 Å². The van der Waals surface area contributed by atoms with E-state index in [0.29, 0.717) is 36.9 Å². The van der Waals surface area contributed by atoms with Gasteiger partial charge >= 0.3 is 0 Å². The molecular formula is C19H21N7O2.